The molecule has 2 rings (SSSR count). The lowest BCUT2D eigenvalue weighted by Crippen LogP contribution is -2.57. The Bertz CT molecular complexity index is 350. The van der Waals surface area contributed by atoms with Crippen LogP contribution in [0.15, 0.2) is 0 Å². The summed E-state index contributed by atoms with van der Waals surface area (Å²) in [4.78, 5) is 0. The van der Waals surface area contributed by atoms with E-state index in [0.717, 1.165) is 25.9 Å². The largest absolute Gasteiger partial charge is 0.394 e. The highest BCUT2D eigenvalue weighted by atomic mass is 32.2. The summed E-state index contributed by atoms with van der Waals surface area (Å²) in [7, 11) is -3.01. The number of aliphatic hydroxyl groups excluding tert-OH is 1. The van der Waals surface area contributed by atoms with Crippen LogP contribution >= 0.6 is 0 Å². The maximum absolute atomic E-state index is 11.6. The van der Waals surface area contributed by atoms with Gasteiger partial charge in [-0.05, 0) is 25.7 Å². The maximum Gasteiger partial charge on any atom is 0.152 e. The molecule has 0 aromatic carbocycles. The Balaban J connectivity index is 1.93. The van der Waals surface area contributed by atoms with Crippen molar-refractivity contribution >= 4 is 9.84 Å². The molecule has 0 aromatic heterocycles. The minimum Gasteiger partial charge on any atom is -0.394 e. The number of ether oxygens (including phenoxy) is 1. The Hall–Kier alpha value is -0.170. The third-order valence-corrected chi connectivity index (χ3v) is 5.54. The van der Waals surface area contributed by atoms with Crippen molar-refractivity contribution < 1.29 is 18.3 Å². The van der Waals surface area contributed by atoms with Crippen molar-refractivity contribution in [2.45, 2.75) is 37.3 Å². The fourth-order valence-corrected chi connectivity index (χ4v) is 4.56. The first-order valence-electron chi connectivity index (χ1n) is 6.23. The summed E-state index contributed by atoms with van der Waals surface area (Å²) in [5.74, 6) is 0.291. The molecule has 0 aliphatic carbocycles. The smallest absolute Gasteiger partial charge is 0.152 e. The number of nitrogens with one attached hydrogen (secondary N) is 1. The molecule has 0 amide bonds. The summed E-state index contributed by atoms with van der Waals surface area (Å²) >= 11 is 0. The molecule has 5 nitrogen and oxygen atoms in total. The van der Waals surface area contributed by atoms with Crippen molar-refractivity contribution in [3.63, 3.8) is 0 Å². The minimum absolute atomic E-state index is 0.0449. The lowest BCUT2D eigenvalue weighted by Gasteiger charge is -2.36. The van der Waals surface area contributed by atoms with E-state index in [1.165, 1.54) is 0 Å². The van der Waals surface area contributed by atoms with Gasteiger partial charge >= 0.3 is 0 Å². The van der Waals surface area contributed by atoms with Crippen LogP contribution in [0.5, 0.6) is 0 Å². The molecule has 2 unspecified atom stereocenters. The van der Waals surface area contributed by atoms with Gasteiger partial charge in [-0.2, -0.15) is 0 Å². The number of hydrogen-bond donors (Lipinski definition) is 2. The molecule has 2 aliphatic rings. The van der Waals surface area contributed by atoms with Crippen molar-refractivity contribution in [3.05, 3.63) is 0 Å². The Morgan fingerprint density at radius 3 is 2.82 bits per heavy atom. The predicted octanol–water partition coefficient (Wildman–Crippen LogP) is -0.305. The Kier molecular flexibility index (Phi) is 4.07. The van der Waals surface area contributed by atoms with Gasteiger partial charge in [0.1, 0.15) is 0 Å². The third kappa shape index (κ3) is 3.40. The fourth-order valence-electron chi connectivity index (χ4n) is 2.65. The summed E-state index contributed by atoms with van der Waals surface area (Å²) in [5, 5.41) is 12.7. The van der Waals surface area contributed by atoms with Gasteiger partial charge in [0, 0.05) is 13.2 Å². The Labute approximate surface area is 102 Å². The van der Waals surface area contributed by atoms with Crippen LogP contribution in [-0.4, -0.2) is 56.4 Å². The molecule has 17 heavy (non-hydrogen) atoms. The van der Waals surface area contributed by atoms with E-state index in [4.69, 9.17) is 4.74 Å². The first-order valence-corrected chi connectivity index (χ1v) is 8.05. The van der Waals surface area contributed by atoms with Gasteiger partial charge < -0.3 is 15.2 Å². The topological polar surface area (TPSA) is 75.6 Å². The normalized spacial score (nSPS) is 37.1. The van der Waals surface area contributed by atoms with E-state index in [2.05, 4.69) is 5.32 Å². The molecule has 2 heterocycles. The lowest BCUT2D eigenvalue weighted by atomic mass is 9.96. The summed E-state index contributed by atoms with van der Waals surface area (Å²) in [6.45, 7) is 1.30. The highest BCUT2D eigenvalue weighted by Crippen LogP contribution is 2.23. The SMILES string of the molecule is O=S1(=O)CCCC(CO)(NCC2CCCO2)C1. The molecular formula is C11H21NO4S. The van der Waals surface area contributed by atoms with Crippen molar-refractivity contribution in [2.75, 3.05) is 31.3 Å². The summed E-state index contributed by atoms with van der Waals surface area (Å²) in [6.07, 6.45) is 3.59. The average molecular weight is 263 g/mol. The van der Waals surface area contributed by atoms with Crippen molar-refractivity contribution in [2.24, 2.45) is 0 Å². The molecule has 2 aliphatic heterocycles. The second-order valence-electron chi connectivity index (χ2n) is 5.15. The van der Waals surface area contributed by atoms with Crippen LogP contribution in [0.25, 0.3) is 0 Å². The van der Waals surface area contributed by atoms with Crippen LogP contribution in [0.3, 0.4) is 0 Å². The summed E-state index contributed by atoms with van der Waals surface area (Å²) in [5.41, 5.74) is -0.650. The van der Waals surface area contributed by atoms with E-state index in [9.17, 15) is 13.5 Å². The van der Waals surface area contributed by atoms with E-state index in [1.54, 1.807) is 0 Å². The van der Waals surface area contributed by atoms with Gasteiger partial charge in [-0.3, -0.25) is 0 Å². The average Bonchev–Trinajstić information content (AvgIpc) is 2.78. The molecule has 0 saturated carbocycles. The van der Waals surface area contributed by atoms with Gasteiger partial charge in [0.2, 0.25) is 0 Å². The van der Waals surface area contributed by atoms with Crippen molar-refractivity contribution in [1.29, 1.82) is 0 Å². The second kappa shape index (κ2) is 5.22. The third-order valence-electron chi connectivity index (χ3n) is 3.64. The number of aliphatic hydroxyl groups is 1. The number of sulfone groups is 1. The van der Waals surface area contributed by atoms with Crippen LogP contribution in [0.2, 0.25) is 0 Å². The van der Waals surface area contributed by atoms with Gasteiger partial charge in [0.25, 0.3) is 0 Å². The van der Waals surface area contributed by atoms with E-state index >= 15 is 0 Å². The predicted molar refractivity (Wildman–Crippen MR) is 64.7 cm³/mol. The lowest BCUT2D eigenvalue weighted by molar-refractivity contribution is 0.0890. The second-order valence-corrected chi connectivity index (χ2v) is 7.33. The van der Waals surface area contributed by atoms with Gasteiger partial charge in [-0.1, -0.05) is 0 Å². The van der Waals surface area contributed by atoms with E-state index in [1.807, 2.05) is 0 Å². The summed E-state index contributed by atoms with van der Waals surface area (Å²) in [6, 6.07) is 0. The highest BCUT2D eigenvalue weighted by Gasteiger charge is 2.38. The molecule has 0 radical (unpaired) electrons. The molecular weight excluding hydrogens is 242 g/mol. The Morgan fingerprint density at radius 1 is 1.41 bits per heavy atom. The van der Waals surface area contributed by atoms with Crippen LogP contribution in [0, 0.1) is 0 Å². The van der Waals surface area contributed by atoms with Crippen molar-refractivity contribution in [3.8, 4) is 0 Å². The van der Waals surface area contributed by atoms with Crippen molar-refractivity contribution in [1.82, 2.24) is 5.32 Å². The molecule has 2 saturated heterocycles. The van der Waals surface area contributed by atoms with Gasteiger partial charge in [-0.15, -0.1) is 0 Å². The molecule has 2 fully saturated rings. The number of hydrogen-bond acceptors (Lipinski definition) is 5. The zero-order valence-corrected chi connectivity index (χ0v) is 10.8. The van der Waals surface area contributed by atoms with E-state index < -0.39 is 15.4 Å². The molecule has 6 heteroatoms. The quantitative estimate of drug-likeness (QED) is 0.728. The molecule has 2 atom stereocenters. The zero-order chi connectivity index (χ0) is 12.4. The van der Waals surface area contributed by atoms with Crippen LogP contribution in [0.1, 0.15) is 25.7 Å². The first kappa shape index (κ1) is 13.3. The maximum atomic E-state index is 11.6. The molecule has 100 valence electrons. The molecule has 0 spiro atoms. The molecule has 2 N–H and O–H groups in total. The Morgan fingerprint density at radius 2 is 2.24 bits per heavy atom. The van der Waals surface area contributed by atoms with E-state index in [-0.39, 0.29) is 24.2 Å². The standard InChI is InChI=1S/C11H21NO4S/c13-8-11(4-2-6-17(14,15)9-11)12-7-10-3-1-5-16-10/h10,12-13H,1-9H2. The van der Waals surface area contributed by atoms with Gasteiger partial charge in [-0.25, -0.2) is 8.42 Å². The fraction of sp³-hybridized carbons (Fsp3) is 1.00. The van der Waals surface area contributed by atoms with Crippen LogP contribution in [-0.2, 0) is 14.6 Å². The van der Waals surface area contributed by atoms with Crippen LogP contribution in [0.4, 0.5) is 0 Å². The summed E-state index contributed by atoms with van der Waals surface area (Å²) < 4.78 is 28.8. The number of rotatable bonds is 4. The molecule has 0 bridgehead atoms. The van der Waals surface area contributed by atoms with Gasteiger partial charge in [0.15, 0.2) is 9.84 Å². The van der Waals surface area contributed by atoms with Crippen LogP contribution < -0.4 is 5.32 Å². The highest BCUT2D eigenvalue weighted by molar-refractivity contribution is 7.91. The minimum atomic E-state index is -3.01. The van der Waals surface area contributed by atoms with Gasteiger partial charge in [0.05, 0.1) is 29.8 Å². The molecule has 0 aromatic rings. The monoisotopic (exact) mass is 263 g/mol. The zero-order valence-electron chi connectivity index (χ0n) is 10.0. The first-order chi connectivity index (χ1) is 8.05. The van der Waals surface area contributed by atoms with E-state index in [0.29, 0.717) is 13.0 Å².